The summed E-state index contributed by atoms with van der Waals surface area (Å²) in [6.45, 7) is 9.35. The fraction of sp³-hybridized carbons (Fsp3) is 0.278. The molecular formula is C18H23N5OS. The van der Waals surface area contributed by atoms with Gasteiger partial charge in [-0.15, -0.1) is 6.58 Å². The summed E-state index contributed by atoms with van der Waals surface area (Å²) in [4.78, 5) is 14.6. The maximum absolute atomic E-state index is 12.8. The Morgan fingerprint density at radius 3 is 2.60 bits per heavy atom. The van der Waals surface area contributed by atoms with E-state index in [9.17, 15) is 4.79 Å². The lowest BCUT2D eigenvalue weighted by molar-refractivity contribution is 0.0774. The van der Waals surface area contributed by atoms with Crippen LogP contribution < -0.4 is 10.6 Å². The van der Waals surface area contributed by atoms with E-state index in [1.165, 1.54) is 0 Å². The molecule has 0 fully saturated rings. The molecule has 0 aliphatic heterocycles. The summed E-state index contributed by atoms with van der Waals surface area (Å²) in [6, 6.07) is 9.61. The summed E-state index contributed by atoms with van der Waals surface area (Å²) in [5, 5.41) is 10.9. The van der Waals surface area contributed by atoms with Crippen LogP contribution in [-0.4, -0.2) is 45.3 Å². The first kappa shape index (κ1) is 18.7. The van der Waals surface area contributed by atoms with Crippen LogP contribution in [0, 0.1) is 0 Å². The normalized spacial score (nSPS) is 10.2. The van der Waals surface area contributed by atoms with Crippen molar-refractivity contribution in [2.45, 2.75) is 13.8 Å². The first-order valence-electron chi connectivity index (χ1n) is 8.20. The first-order valence-corrected chi connectivity index (χ1v) is 8.61. The highest BCUT2D eigenvalue weighted by molar-refractivity contribution is 7.80. The number of benzene rings is 1. The van der Waals surface area contributed by atoms with Gasteiger partial charge in [0.05, 0.1) is 11.9 Å². The van der Waals surface area contributed by atoms with Crippen molar-refractivity contribution in [1.29, 1.82) is 0 Å². The molecule has 0 unspecified atom stereocenters. The number of anilines is 1. The van der Waals surface area contributed by atoms with Crippen LogP contribution in [0.2, 0.25) is 0 Å². The van der Waals surface area contributed by atoms with Crippen molar-refractivity contribution in [2.75, 3.05) is 25.0 Å². The molecule has 2 rings (SSSR count). The van der Waals surface area contributed by atoms with Gasteiger partial charge in [-0.05, 0) is 38.2 Å². The summed E-state index contributed by atoms with van der Waals surface area (Å²) in [7, 11) is 0. The molecule has 1 aromatic heterocycles. The molecule has 0 spiro atoms. The van der Waals surface area contributed by atoms with Crippen LogP contribution in [0.25, 0.3) is 5.69 Å². The number of rotatable bonds is 7. The van der Waals surface area contributed by atoms with Crippen molar-refractivity contribution in [3.63, 3.8) is 0 Å². The fourth-order valence-corrected chi connectivity index (χ4v) is 2.57. The Morgan fingerprint density at radius 2 is 2.00 bits per heavy atom. The summed E-state index contributed by atoms with van der Waals surface area (Å²) in [6.07, 6.45) is 3.29. The number of para-hydroxylation sites is 1. The molecule has 1 amide bonds. The second-order valence-corrected chi connectivity index (χ2v) is 5.66. The summed E-state index contributed by atoms with van der Waals surface area (Å²) < 4.78 is 1.68. The van der Waals surface area contributed by atoms with Gasteiger partial charge in [-0.3, -0.25) is 4.79 Å². The van der Waals surface area contributed by atoms with Gasteiger partial charge in [0.1, 0.15) is 11.4 Å². The van der Waals surface area contributed by atoms with E-state index in [-0.39, 0.29) is 5.91 Å². The lowest BCUT2D eigenvalue weighted by Crippen LogP contribution is -2.33. The van der Waals surface area contributed by atoms with E-state index in [2.05, 4.69) is 22.3 Å². The van der Waals surface area contributed by atoms with Crippen LogP contribution in [0.1, 0.15) is 24.2 Å². The lowest BCUT2D eigenvalue weighted by atomic mass is 10.2. The van der Waals surface area contributed by atoms with Crippen LogP contribution in [0.4, 0.5) is 5.82 Å². The van der Waals surface area contributed by atoms with Gasteiger partial charge >= 0.3 is 0 Å². The van der Waals surface area contributed by atoms with Gasteiger partial charge in [-0.2, -0.15) is 5.10 Å². The van der Waals surface area contributed by atoms with E-state index < -0.39 is 0 Å². The van der Waals surface area contributed by atoms with E-state index in [1.807, 2.05) is 44.2 Å². The molecule has 0 atom stereocenters. The van der Waals surface area contributed by atoms with Crippen molar-refractivity contribution >= 4 is 29.1 Å². The van der Waals surface area contributed by atoms with E-state index in [4.69, 9.17) is 12.2 Å². The summed E-state index contributed by atoms with van der Waals surface area (Å²) in [5.41, 5.74) is 1.32. The quantitative estimate of drug-likeness (QED) is 0.589. The average Bonchev–Trinajstić information content (AvgIpc) is 3.05. The number of hydrogen-bond acceptors (Lipinski definition) is 3. The molecule has 6 nitrogen and oxygen atoms in total. The zero-order chi connectivity index (χ0) is 18.2. The number of hydrogen-bond donors (Lipinski definition) is 2. The molecule has 1 heterocycles. The Balaban J connectivity index is 2.42. The molecule has 2 aromatic rings. The molecule has 0 saturated heterocycles. The Labute approximate surface area is 153 Å². The third kappa shape index (κ3) is 4.45. The molecule has 132 valence electrons. The highest BCUT2D eigenvalue weighted by Gasteiger charge is 2.22. The maximum Gasteiger partial charge on any atom is 0.259 e. The number of amides is 1. The monoisotopic (exact) mass is 357 g/mol. The minimum atomic E-state index is -0.0822. The Hall–Kier alpha value is -2.67. The van der Waals surface area contributed by atoms with Crippen molar-refractivity contribution in [1.82, 2.24) is 20.0 Å². The molecular weight excluding hydrogens is 334 g/mol. The zero-order valence-corrected chi connectivity index (χ0v) is 15.3. The third-order valence-electron chi connectivity index (χ3n) is 3.69. The Bertz CT molecular complexity index is 737. The number of carbonyl (C=O) groups is 1. The van der Waals surface area contributed by atoms with Crippen LogP contribution in [0.15, 0.2) is 49.2 Å². The molecule has 0 radical (unpaired) electrons. The fourth-order valence-electron chi connectivity index (χ4n) is 2.39. The second-order valence-electron chi connectivity index (χ2n) is 5.26. The standard InChI is InChI=1S/C18H23N5OS/c1-4-12-19-18(25)21-16-15(17(24)22(5-2)6-3)13-20-23(16)14-10-8-7-9-11-14/h4,7-11,13H,1,5-6,12H2,2-3H3,(H2,19,21,25). The topological polar surface area (TPSA) is 62.2 Å². The second kappa shape index (κ2) is 8.98. The number of nitrogens with one attached hydrogen (secondary N) is 2. The Morgan fingerprint density at radius 1 is 1.32 bits per heavy atom. The lowest BCUT2D eigenvalue weighted by Gasteiger charge is -2.19. The number of nitrogens with zero attached hydrogens (tertiary/aromatic N) is 3. The first-order chi connectivity index (χ1) is 12.1. The molecule has 0 saturated carbocycles. The smallest absolute Gasteiger partial charge is 0.259 e. The summed E-state index contributed by atoms with van der Waals surface area (Å²) >= 11 is 5.31. The molecule has 0 bridgehead atoms. The summed E-state index contributed by atoms with van der Waals surface area (Å²) in [5.74, 6) is 0.464. The van der Waals surface area contributed by atoms with Gasteiger partial charge in [0.2, 0.25) is 0 Å². The molecule has 1 aromatic carbocycles. The van der Waals surface area contributed by atoms with E-state index in [1.54, 1.807) is 21.9 Å². The zero-order valence-electron chi connectivity index (χ0n) is 14.5. The molecule has 25 heavy (non-hydrogen) atoms. The largest absolute Gasteiger partial charge is 0.359 e. The van der Waals surface area contributed by atoms with E-state index in [0.717, 1.165) is 5.69 Å². The van der Waals surface area contributed by atoms with Gasteiger partial charge in [0, 0.05) is 19.6 Å². The maximum atomic E-state index is 12.8. The predicted molar refractivity (Wildman–Crippen MR) is 105 cm³/mol. The van der Waals surface area contributed by atoms with E-state index in [0.29, 0.717) is 36.1 Å². The van der Waals surface area contributed by atoms with Crippen molar-refractivity contribution in [3.8, 4) is 5.69 Å². The van der Waals surface area contributed by atoms with Crippen molar-refractivity contribution in [2.24, 2.45) is 0 Å². The Kier molecular flexibility index (Phi) is 6.71. The van der Waals surface area contributed by atoms with E-state index >= 15 is 0 Å². The van der Waals surface area contributed by atoms with Crippen LogP contribution in [-0.2, 0) is 0 Å². The molecule has 0 aliphatic carbocycles. The number of carbonyl (C=O) groups excluding carboxylic acids is 1. The molecule has 2 N–H and O–H groups in total. The number of aromatic nitrogens is 2. The van der Waals surface area contributed by atoms with Crippen LogP contribution in [0.5, 0.6) is 0 Å². The van der Waals surface area contributed by atoms with Gasteiger partial charge in [0.25, 0.3) is 5.91 Å². The van der Waals surface area contributed by atoms with Crippen molar-refractivity contribution < 1.29 is 4.79 Å². The third-order valence-corrected chi connectivity index (χ3v) is 3.94. The SMILES string of the molecule is C=CCNC(=S)Nc1c(C(=O)N(CC)CC)cnn1-c1ccccc1. The predicted octanol–water partition coefficient (Wildman–Crippen LogP) is 2.83. The average molecular weight is 357 g/mol. The highest BCUT2D eigenvalue weighted by Crippen LogP contribution is 2.22. The van der Waals surface area contributed by atoms with Gasteiger partial charge in [-0.1, -0.05) is 24.3 Å². The molecule has 7 heteroatoms. The van der Waals surface area contributed by atoms with Crippen molar-refractivity contribution in [3.05, 3.63) is 54.7 Å². The van der Waals surface area contributed by atoms with Gasteiger partial charge in [0.15, 0.2) is 5.11 Å². The minimum absolute atomic E-state index is 0.0822. The molecule has 0 aliphatic rings. The van der Waals surface area contributed by atoms with Gasteiger partial charge < -0.3 is 15.5 Å². The minimum Gasteiger partial charge on any atom is -0.359 e. The highest BCUT2D eigenvalue weighted by atomic mass is 32.1. The number of thiocarbonyl (C=S) groups is 1. The van der Waals surface area contributed by atoms with Gasteiger partial charge in [-0.25, -0.2) is 4.68 Å². The van der Waals surface area contributed by atoms with Crippen LogP contribution in [0.3, 0.4) is 0 Å². The van der Waals surface area contributed by atoms with Crippen LogP contribution >= 0.6 is 12.2 Å².